The lowest BCUT2D eigenvalue weighted by Crippen LogP contribution is -2.20. The smallest absolute Gasteiger partial charge is 0.313 e. The summed E-state index contributed by atoms with van der Waals surface area (Å²) in [6.45, 7) is 2.59. The van der Waals surface area contributed by atoms with Gasteiger partial charge in [0, 0.05) is 0 Å². The summed E-state index contributed by atoms with van der Waals surface area (Å²) in [7, 11) is 0. The van der Waals surface area contributed by atoms with Crippen molar-refractivity contribution in [2.24, 2.45) is 5.73 Å². The highest BCUT2D eigenvalue weighted by atomic mass is 32.2. The first kappa shape index (κ1) is 19.1. The van der Waals surface area contributed by atoms with Gasteiger partial charge in [0.2, 0.25) is 0 Å². The number of hydrogen-bond donors (Lipinski definition) is 2. The molecular formula is C20H22N4O2S. The Labute approximate surface area is 162 Å². The lowest BCUT2D eigenvalue weighted by Gasteiger charge is -2.15. The van der Waals surface area contributed by atoms with Gasteiger partial charge in [-0.25, -0.2) is 0 Å². The Kier molecular flexibility index (Phi) is 6.26. The van der Waals surface area contributed by atoms with E-state index in [4.69, 9.17) is 10.8 Å². The van der Waals surface area contributed by atoms with Crippen LogP contribution in [0.4, 0.5) is 0 Å². The molecule has 0 radical (unpaired) electrons. The predicted octanol–water partition coefficient (Wildman–Crippen LogP) is 3.05. The standard InChI is InChI=1S/C20H22N4O2S/c1-14-7-9-16(10-8-14)12-24-19(22-23-20(24)27-13-18(25)26)17(21)11-15-5-3-2-4-6-15/h2-10,17H,11-13,21H2,1H3,(H,25,26)/t17-/m0/s1. The molecule has 0 fully saturated rings. The molecule has 3 N–H and O–H groups in total. The molecule has 0 aliphatic heterocycles. The van der Waals surface area contributed by atoms with E-state index in [0.717, 1.165) is 22.9 Å². The summed E-state index contributed by atoms with van der Waals surface area (Å²) in [5, 5.41) is 18.0. The molecule has 3 aromatic rings. The monoisotopic (exact) mass is 382 g/mol. The molecule has 140 valence electrons. The zero-order chi connectivity index (χ0) is 19.2. The number of nitrogens with zero attached hydrogens (tertiary/aromatic N) is 3. The number of carbonyl (C=O) groups is 1. The molecule has 1 atom stereocenters. The van der Waals surface area contributed by atoms with Gasteiger partial charge in [0.05, 0.1) is 18.3 Å². The third kappa shape index (κ3) is 5.18. The maximum Gasteiger partial charge on any atom is 0.313 e. The number of aryl methyl sites for hydroxylation is 1. The minimum atomic E-state index is -0.889. The van der Waals surface area contributed by atoms with Crippen LogP contribution in [0, 0.1) is 6.92 Å². The quantitative estimate of drug-likeness (QED) is 0.582. The fourth-order valence-electron chi connectivity index (χ4n) is 2.79. The molecule has 0 aliphatic rings. The Balaban J connectivity index is 1.87. The molecule has 0 bridgehead atoms. The van der Waals surface area contributed by atoms with Crippen molar-refractivity contribution in [2.45, 2.75) is 31.1 Å². The summed E-state index contributed by atoms with van der Waals surface area (Å²) in [5.41, 5.74) is 9.82. The second-order valence-corrected chi connectivity index (χ2v) is 7.33. The first-order valence-electron chi connectivity index (χ1n) is 8.65. The molecule has 0 spiro atoms. The normalized spacial score (nSPS) is 12.1. The maximum absolute atomic E-state index is 11.0. The number of aliphatic carboxylic acids is 1. The summed E-state index contributed by atoms with van der Waals surface area (Å²) in [6, 6.07) is 17.9. The van der Waals surface area contributed by atoms with E-state index in [9.17, 15) is 4.79 Å². The summed E-state index contributed by atoms with van der Waals surface area (Å²) < 4.78 is 1.92. The van der Waals surface area contributed by atoms with E-state index >= 15 is 0 Å². The van der Waals surface area contributed by atoms with E-state index < -0.39 is 5.97 Å². The lowest BCUT2D eigenvalue weighted by atomic mass is 10.1. The lowest BCUT2D eigenvalue weighted by molar-refractivity contribution is -0.133. The van der Waals surface area contributed by atoms with Crippen LogP contribution < -0.4 is 5.73 Å². The molecule has 3 rings (SSSR count). The van der Waals surface area contributed by atoms with Gasteiger partial charge >= 0.3 is 5.97 Å². The SMILES string of the molecule is Cc1ccc(Cn2c(SCC(=O)O)nnc2[C@@H](N)Cc2ccccc2)cc1. The van der Waals surface area contributed by atoms with Crippen molar-refractivity contribution in [2.75, 3.05) is 5.75 Å². The van der Waals surface area contributed by atoms with Crippen LogP contribution in [0.25, 0.3) is 0 Å². The molecule has 2 aromatic carbocycles. The van der Waals surface area contributed by atoms with Crippen molar-refractivity contribution < 1.29 is 9.90 Å². The number of benzene rings is 2. The van der Waals surface area contributed by atoms with Crippen molar-refractivity contribution in [3.8, 4) is 0 Å². The van der Waals surface area contributed by atoms with Gasteiger partial charge in [-0.05, 0) is 24.5 Å². The molecule has 27 heavy (non-hydrogen) atoms. The largest absolute Gasteiger partial charge is 0.481 e. The van der Waals surface area contributed by atoms with E-state index in [1.807, 2.05) is 66.1 Å². The molecule has 7 heteroatoms. The van der Waals surface area contributed by atoms with Gasteiger partial charge < -0.3 is 15.4 Å². The Morgan fingerprint density at radius 3 is 2.48 bits per heavy atom. The van der Waals surface area contributed by atoms with Crippen LogP contribution in [0.5, 0.6) is 0 Å². The third-order valence-corrected chi connectivity index (χ3v) is 5.11. The van der Waals surface area contributed by atoms with Crippen molar-refractivity contribution in [3.63, 3.8) is 0 Å². The Hall–Kier alpha value is -2.64. The average Bonchev–Trinajstić information content (AvgIpc) is 3.05. The van der Waals surface area contributed by atoms with Crippen molar-refractivity contribution in [1.82, 2.24) is 14.8 Å². The molecule has 1 heterocycles. The van der Waals surface area contributed by atoms with Gasteiger partial charge in [0.1, 0.15) is 0 Å². The van der Waals surface area contributed by atoms with Gasteiger partial charge in [0.15, 0.2) is 11.0 Å². The highest BCUT2D eigenvalue weighted by molar-refractivity contribution is 7.99. The van der Waals surface area contributed by atoms with Crippen LogP contribution in [0.2, 0.25) is 0 Å². The van der Waals surface area contributed by atoms with Gasteiger partial charge in [0.25, 0.3) is 0 Å². The summed E-state index contributed by atoms with van der Waals surface area (Å²) in [5.74, 6) is -0.299. The summed E-state index contributed by atoms with van der Waals surface area (Å²) in [4.78, 5) is 11.0. The molecule has 0 unspecified atom stereocenters. The van der Waals surface area contributed by atoms with Crippen molar-refractivity contribution in [3.05, 3.63) is 77.1 Å². The van der Waals surface area contributed by atoms with E-state index in [0.29, 0.717) is 23.9 Å². The average molecular weight is 382 g/mol. The molecule has 0 aliphatic carbocycles. The molecular weight excluding hydrogens is 360 g/mol. The van der Waals surface area contributed by atoms with E-state index in [2.05, 4.69) is 10.2 Å². The first-order chi connectivity index (χ1) is 13.0. The zero-order valence-electron chi connectivity index (χ0n) is 15.1. The van der Waals surface area contributed by atoms with Crippen LogP contribution in [0.1, 0.15) is 28.6 Å². The molecule has 0 amide bonds. The van der Waals surface area contributed by atoms with Crippen LogP contribution in [-0.4, -0.2) is 31.6 Å². The Bertz CT molecular complexity index is 894. The van der Waals surface area contributed by atoms with Crippen LogP contribution in [0.15, 0.2) is 59.8 Å². The van der Waals surface area contributed by atoms with Crippen LogP contribution in [0.3, 0.4) is 0 Å². The fourth-order valence-corrected chi connectivity index (χ4v) is 3.46. The van der Waals surface area contributed by atoms with Crippen molar-refractivity contribution >= 4 is 17.7 Å². The summed E-state index contributed by atoms with van der Waals surface area (Å²) >= 11 is 1.16. The maximum atomic E-state index is 11.0. The topological polar surface area (TPSA) is 94.0 Å². The van der Waals surface area contributed by atoms with E-state index in [1.54, 1.807) is 0 Å². The molecule has 0 saturated carbocycles. The Morgan fingerprint density at radius 1 is 1.11 bits per heavy atom. The Morgan fingerprint density at radius 2 is 1.81 bits per heavy atom. The van der Waals surface area contributed by atoms with E-state index in [-0.39, 0.29) is 11.8 Å². The van der Waals surface area contributed by atoms with Gasteiger partial charge in [-0.2, -0.15) is 0 Å². The van der Waals surface area contributed by atoms with Crippen LogP contribution >= 0.6 is 11.8 Å². The molecule has 6 nitrogen and oxygen atoms in total. The number of carboxylic acids is 1. The van der Waals surface area contributed by atoms with Gasteiger partial charge in [-0.3, -0.25) is 4.79 Å². The number of nitrogens with two attached hydrogens (primary N) is 1. The van der Waals surface area contributed by atoms with Crippen LogP contribution in [-0.2, 0) is 17.8 Å². The highest BCUT2D eigenvalue weighted by Crippen LogP contribution is 2.23. The third-order valence-electron chi connectivity index (χ3n) is 4.16. The number of aromatic nitrogens is 3. The molecule has 1 aromatic heterocycles. The minimum Gasteiger partial charge on any atom is -0.481 e. The number of hydrogen-bond acceptors (Lipinski definition) is 5. The zero-order valence-corrected chi connectivity index (χ0v) is 15.9. The number of thioether (sulfide) groups is 1. The second kappa shape index (κ2) is 8.83. The number of carboxylic acid groups (broad SMARTS) is 1. The fraction of sp³-hybridized carbons (Fsp3) is 0.250. The van der Waals surface area contributed by atoms with E-state index in [1.165, 1.54) is 5.56 Å². The molecule has 0 saturated heterocycles. The van der Waals surface area contributed by atoms with Gasteiger partial charge in [-0.15, -0.1) is 10.2 Å². The minimum absolute atomic E-state index is 0.0695. The van der Waals surface area contributed by atoms with Crippen molar-refractivity contribution in [1.29, 1.82) is 0 Å². The first-order valence-corrected chi connectivity index (χ1v) is 9.64. The van der Waals surface area contributed by atoms with Gasteiger partial charge in [-0.1, -0.05) is 71.9 Å². The second-order valence-electron chi connectivity index (χ2n) is 6.39. The summed E-state index contributed by atoms with van der Waals surface area (Å²) in [6.07, 6.45) is 0.635. The predicted molar refractivity (Wildman–Crippen MR) is 106 cm³/mol. The number of rotatable bonds is 8. The highest BCUT2D eigenvalue weighted by Gasteiger charge is 2.20.